The maximum absolute atomic E-state index is 13.1. The van der Waals surface area contributed by atoms with E-state index in [-0.39, 0.29) is 17.6 Å². The number of benzene rings is 1. The molecule has 3 heterocycles. The number of aromatic nitrogens is 3. The number of ether oxygens (including phenoxy) is 1. The molecule has 2 aromatic heterocycles. The van der Waals surface area contributed by atoms with Crippen molar-refractivity contribution < 1.29 is 9.53 Å². The summed E-state index contributed by atoms with van der Waals surface area (Å²) in [7, 11) is 0. The summed E-state index contributed by atoms with van der Waals surface area (Å²) in [5, 5.41) is 4.62. The summed E-state index contributed by atoms with van der Waals surface area (Å²) >= 11 is 0. The third kappa shape index (κ3) is 4.16. The highest BCUT2D eigenvalue weighted by molar-refractivity contribution is 5.93. The Kier molecular flexibility index (Phi) is 6.27. The number of para-hydroxylation sites is 1. The number of carbonyl (C=O) groups excluding carboxylic acids is 1. The average molecular weight is 422 g/mol. The van der Waals surface area contributed by atoms with Crippen molar-refractivity contribution in [1.82, 2.24) is 19.5 Å². The molecule has 1 aromatic carbocycles. The first kappa shape index (κ1) is 21.0. The summed E-state index contributed by atoms with van der Waals surface area (Å²) in [5.74, 6) is -0.100. The van der Waals surface area contributed by atoms with Crippen LogP contribution in [0.25, 0.3) is 16.7 Å². The van der Waals surface area contributed by atoms with Gasteiger partial charge in [-0.15, -0.1) is 0 Å². The van der Waals surface area contributed by atoms with Crippen molar-refractivity contribution in [2.24, 2.45) is 0 Å². The molecule has 162 valence electrons. The van der Waals surface area contributed by atoms with Crippen LogP contribution in [0.4, 0.5) is 5.95 Å². The number of hydrogen-bond acceptors (Lipinski definition) is 7. The Morgan fingerprint density at radius 3 is 2.55 bits per heavy atom. The molecule has 0 amide bonds. The summed E-state index contributed by atoms with van der Waals surface area (Å²) in [6, 6.07) is 9.52. The smallest absolute Gasteiger partial charge is 0.343 e. The quantitative estimate of drug-likeness (QED) is 0.566. The van der Waals surface area contributed by atoms with Crippen LogP contribution in [0.2, 0.25) is 0 Å². The third-order valence-electron chi connectivity index (χ3n) is 5.47. The zero-order valence-electron chi connectivity index (χ0n) is 18.0. The van der Waals surface area contributed by atoms with Gasteiger partial charge in [0.15, 0.2) is 5.65 Å². The zero-order chi connectivity index (χ0) is 21.8. The normalized spacial score (nSPS) is 14.5. The maximum atomic E-state index is 13.1. The molecule has 3 aromatic rings. The number of rotatable bonds is 6. The highest BCUT2D eigenvalue weighted by Crippen LogP contribution is 2.21. The first-order valence-electron chi connectivity index (χ1n) is 10.8. The van der Waals surface area contributed by atoms with E-state index in [2.05, 4.69) is 21.9 Å². The number of hydrogen-bond donors (Lipinski definition) is 0. The van der Waals surface area contributed by atoms with Gasteiger partial charge in [-0.1, -0.05) is 24.6 Å². The minimum Gasteiger partial charge on any atom is -0.462 e. The van der Waals surface area contributed by atoms with Crippen LogP contribution in [-0.2, 0) is 4.74 Å². The van der Waals surface area contributed by atoms with Gasteiger partial charge in [0.05, 0.1) is 12.0 Å². The Labute approximate surface area is 181 Å². The summed E-state index contributed by atoms with van der Waals surface area (Å²) in [6.45, 7) is 6.62. The number of esters is 1. The van der Waals surface area contributed by atoms with Crippen molar-refractivity contribution in [3.8, 4) is 5.69 Å². The summed E-state index contributed by atoms with van der Waals surface area (Å²) < 4.78 is 6.86. The van der Waals surface area contributed by atoms with Gasteiger partial charge < -0.3 is 9.30 Å². The summed E-state index contributed by atoms with van der Waals surface area (Å²) in [5.41, 5.74) is 0.805. The Bertz CT molecular complexity index is 1120. The maximum Gasteiger partial charge on any atom is 0.343 e. The predicted molar refractivity (Wildman–Crippen MR) is 120 cm³/mol. The van der Waals surface area contributed by atoms with Gasteiger partial charge in [-0.3, -0.25) is 9.80 Å². The number of carbonyl (C=O) groups is 1. The van der Waals surface area contributed by atoms with E-state index in [4.69, 9.17) is 9.72 Å². The molecule has 1 fully saturated rings. The molecule has 8 nitrogen and oxygen atoms in total. The van der Waals surface area contributed by atoms with E-state index in [0.717, 1.165) is 38.2 Å². The minimum atomic E-state index is -0.647. The number of nitrogens with zero attached hydrogens (tertiary/aromatic N) is 5. The molecular formula is C23H27N5O3. The molecule has 4 rings (SSSR count). The van der Waals surface area contributed by atoms with Gasteiger partial charge in [0.1, 0.15) is 5.56 Å². The van der Waals surface area contributed by atoms with E-state index >= 15 is 0 Å². The highest BCUT2D eigenvalue weighted by atomic mass is 16.5. The molecule has 0 aliphatic carbocycles. The van der Waals surface area contributed by atoms with E-state index < -0.39 is 11.4 Å². The lowest BCUT2D eigenvalue weighted by atomic mass is 10.2. The van der Waals surface area contributed by atoms with Crippen LogP contribution in [0.3, 0.4) is 0 Å². The first-order valence-corrected chi connectivity index (χ1v) is 10.8. The molecule has 1 aliphatic rings. The van der Waals surface area contributed by atoms with Gasteiger partial charge in [0.25, 0.3) is 0 Å². The lowest BCUT2D eigenvalue weighted by Crippen LogP contribution is -2.46. The SMILES string of the molecule is CCOC(=O)c1cn(-c2ccccc2)c2nc(N(CC)N3CCCCC3)ncc2c1=O. The number of hydrazine groups is 1. The summed E-state index contributed by atoms with van der Waals surface area (Å²) in [6.07, 6.45) is 6.56. The fourth-order valence-corrected chi connectivity index (χ4v) is 3.95. The van der Waals surface area contributed by atoms with Gasteiger partial charge in [-0.25, -0.2) is 14.8 Å². The molecule has 0 spiro atoms. The fraction of sp³-hybridized carbons (Fsp3) is 0.391. The van der Waals surface area contributed by atoms with Crippen LogP contribution >= 0.6 is 0 Å². The average Bonchev–Trinajstić information content (AvgIpc) is 2.81. The monoisotopic (exact) mass is 421 g/mol. The number of piperidine rings is 1. The largest absolute Gasteiger partial charge is 0.462 e. The molecule has 0 saturated carbocycles. The zero-order valence-corrected chi connectivity index (χ0v) is 18.0. The van der Waals surface area contributed by atoms with Crippen LogP contribution in [0.5, 0.6) is 0 Å². The molecule has 0 unspecified atom stereocenters. The van der Waals surface area contributed by atoms with Crippen molar-refractivity contribution in [3.63, 3.8) is 0 Å². The Hall–Kier alpha value is -3.26. The Morgan fingerprint density at radius 1 is 1.13 bits per heavy atom. The van der Waals surface area contributed by atoms with Crippen LogP contribution in [-0.4, -0.2) is 51.8 Å². The predicted octanol–water partition coefficient (Wildman–Crippen LogP) is 3.18. The molecule has 0 radical (unpaired) electrons. The van der Waals surface area contributed by atoms with Crippen molar-refractivity contribution in [2.75, 3.05) is 31.3 Å². The van der Waals surface area contributed by atoms with E-state index in [9.17, 15) is 9.59 Å². The lowest BCUT2D eigenvalue weighted by molar-refractivity contribution is 0.0524. The molecule has 0 bridgehead atoms. The molecule has 0 atom stereocenters. The van der Waals surface area contributed by atoms with Gasteiger partial charge in [-0.05, 0) is 38.8 Å². The molecule has 0 N–H and O–H groups in total. The van der Waals surface area contributed by atoms with Crippen molar-refractivity contribution in [1.29, 1.82) is 0 Å². The van der Waals surface area contributed by atoms with E-state index in [0.29, 0.717) is 11.6 Å². The highest BCUT2D eigenvalue weighted by Gasteiger charge is 2.23. The van der Waals surface area contributed by atoms with Crippen LogP contribution < -0.4 is 10.4 Å². The van der Waals surface area contributed by atoms with Crippen LogP contribution in [0, 0.1) is 0 Å². The van der Waals surface area contributed by atoms with Crippen molar-refractivity contribution >= 4 is 23.0 Å². The molecule has 1 saturated heterocycles. The third-order valence-corrected chi connectivity index (χ3v) is 5.47. The Balaban J connectivity index is 1.90. The molecule has 8 heteroatoms. The minimum absolute atomic E-state index is 0.0297. The second kappa shape index (κ2) is 9.26. The van der Waals surface area contributed by atoms with Gasteiger partial charge in [0, 0.05) is 37.7 Å². The van der Waals surface area contributed by atoms with E-state index in [1.165, 1.54) is 18.8 Å². The second-order valence-electron chi connectivity index (χ2n) is 7.44. The topological polar surface area (TPSA) is 80.6 Å². The summed E-state index contributed by atoms with van der Waals surface area (Å²) in [4.78, 5) is 34.8. The number of anilines is 1. The van der Waals surface area contributed by atoms with Crippen molar-refractivity contribution in [3.05, 3.63) is 58.5 Å². The Morgan fingerprint density at radius 2 is 1.87 bits per heavy atom. The van der Waals surface area contributed by atoms with Gasteiger partial charge in [0.2, 0.25) is 11.4 Å². The van der Waals surface area contributed by atoms with Crippen LogP contribution in [0.15, 0.2) is 47.5 Å². The van der Waals surface area contributed by atoms with Crippen LogP contribution in [0.1, 0.15) is 43.5 Å². The van der Waals surface area contributed by atoms with E-state index in [1.54, 1.807) is 11.5 Å². The fourth-order valence-electron chi connectivity index (χ4n) is 3.95. The molecule has 31 heavy (non-hydrogen) atoms. The molecular weight excluding hydrogens is 394 g/mol. The van der Waals surface area contributed by atoms with Crippen molar-refractivity contribution in [2.45, 2.75) is 33.1 Å². The standard InChI is InChI=1S/C23H27N5O3/c1-3-28(26-13-9-6-10-14-26)23-24-15-18-20(29)19(22(30)31-4-2)16-27(21(18)25-23)17-11-7-5-8-12-17/h5,7-8,11-12,15-16H,3-4,6,9-10,13-14H2,1-2H3. The van der Waals surface area contributed by atoms with E-state index in [1.807, 2.05) is 30.3 Å². The first-order chi connectivity index (χ1) is 15.1. The second-order valence-corrected chi connectivity index (χ2v) is 7.44. The van der Waals surface area contributed by atoms with Gasteiger partial charge >= 0.3 is 5.97 Å². The number of fused-ring (bicyclic) bond motifs is 1. The molecule has 1 aliphatic heterocycles. The van der Waals surface area contributed by atoms with Gasteiger partial charge in [-0.2, -0.15) is 4.98 Å². The number of pyridine rings is 1. The lowest BCUT2D eigenvalue weighted by Gasteiger charge is -2.36.